The summed E-state index contributed by atoms with van der Waals surface area (Å²) in [5.41, 5.74) is 2.26. The van der Waals surface area contributed by atoms with Gasteiger partial charge in [0.05, 0.1) is 10.6 Å². The van der Waals surface area contributed by atoms with Crippen LogP contribution in [-0.4, -0.2) is 14.3 Å². The predicted octanol–water partition coefficient (Wildman–Crippen LogP) is 4.09. The summed E-state index contributed by atoms with van der Waals surface area (Å²) in [7, 11) is -3.65. The number of rotatable bonds is 4. The smallest absolute Gasteiger partial charge is 0.261 e. The van der Waals surface area contributed by atoms with Crippen molar-refractivity contribution in [2.24, 2.45) is 5.41 Å². The van der Waals surface area contributed by atoms with Crippen molar-refractivity contribution in [1.29, 1.82) is 0 Å². The van der Waals surface area contributed by atoms with Gasteiger partial charge in [0.25, 0.3) is 10.0 Å². The van der Waals surface area contributed by atoms with Gasteiger partial charge in [0.1, 0.15) is 0 Å². The molecule has 0 fully saturated rings. The van der Waals surface area contributed by atoms with Gasteiger partial charge < -0.3 is 5.32 Å². The minimum absolute atomic E-state index is 0.0902. The number of nitrogens with one attached hydrogen (secondary N) is 2. The zero-order chi connectivity index (χ0) is 18.8. The molecule has 25 heavy (non-hydrogen) atoms. The standard InChI is InChI=1S/C19H24N2O3S/c1-13-14(2)17(12-11-16(13)20-18(22)19(3,4)5)21-25(23,24)15-9-7-6-8-10-15/h6-12,21H,1-5H3,(H,20,22). The predicted molar refractivity (Wildman–Crippen MR) is 101 cm³/mol. The van der Waals surface area contributed by atoms with Gasteiger partial charge in [0.15, 0.2) is 0 Å². The molecule has 2 aromatic carbocycles. The van der Waals surface area contributed by atoms with E-state index in [1.54, 1.807) is 42.5 Å². The van der Waals surface area contributed by atoms with Gasteiger partial charge in [-0.2, -0.15) is 0 Å². The molecule has 0 saturated heterocycles. The van der Waals surface area contributed by atoms with Gasteiger partial charge in [-0.1, -0.05) is 39.0 Å². The third-order valence-electron chi connectivity index (χ3n) is 4.01. The van der Waals surface area contributed by atoms with Gasteiger partial charge in [-0.3, -0.25) is 9.52 Å². The average Bonchev–Trinajstić information content (AvgIpc) is 2.54. The van der Waals surface area contributed by atoms with Gasteiger partial charge in [-0.15, -0.1) is 0 Å². The van der Waals surface area contributed by atoms with Crippen LogP contribution in [-0.2, 0) is 14.8 Å². The Hall–Kier alpha value is -2.34. The van der Waals surface area contributed by atoms with Gasteiger partial charge in [0, 0.05) is 11.1 Å². The van der Waals surface area contributed by atoms with Crippen LogP contribution in [0, 0.1) is 19.3 Å². The van der Waals surface area contributed by atoms with Crippen molar-refractivity contribution in [3.05, 3.63) is 53.6 Å². The quantitative estimate of drug-likeness (QED) is 0.862. The Bertz CT molecular complexity index is 883. The number of amides is 1. The first kappa shape index (κ1) is 19.0. The second-order valence-corrected chi connectivity index (χ2v) is 8.72. The van der Waals surface area contributed by atoms with Gasteiger partial charge in [-0.05, 0) is 49.2 Å². The molecule has 0 spiro atoms. The fourth-order valence-corrected chi connectivity index (χ4v) is 3.32. The topological polar surface area (TPSA) is 75.3 Å². The highest BCUT2D eigenvalue weighted by Crippen LogP contribution is 2.29. The summed E-state index contributed by atoms with van der Waals surface area (Å²) >= 11 is 0. The molecule has 0 aromatic heterocycles. The fraction of sp³-hybridized carbons (Fsp3) is 0.316. The average molecular weight is 360 g/mol. The Morgan fingerprint density at radius 1 is 0.880 bits per heavy atom. The second-order valence-electron chi connectivity index (χ2n) is 7.03. The first-order valence-corrected chi connectivity index (χ1v) is 9.50. The van der Waals surface area contributed by atoms with Crippen LogP contribution in [0.1, 0.15) is 31.9 Å². The van der Waals surface area contributed by atoms with Crippen LogP contribution < -0.4 is 10.0 Å². The van der Waals surface area contributed by atoms with Gasteiger partial charge >= 0.3 is 0 Å². The largest absolute Gasteiger partial charge is 0.325 e. The molecule has 0 unspecified atom stereocenters. The fourth-order valence-electron chi connectivity index (χ4n) is 2.18. The second kappa shape index (κ2) is 6.88. The van der Waals surface area contributed by atoms with E-state index in [4.69, 9.17) is 0 Å². The van der Waals surface area contributed by atoms with Crippen LogP contribution in [0.3, 0.4) is 0 Å². The lowest BCUT2D eigenvalue weighted by atomic mass is 9.95. The molecule has 2 rings (SSSR count). The van der Waals surface area contributed by atoms with E-state index in [-0.39, 0.29) is 10.8 Å². The zero-order valence-corrected chi connectivity index (χ0v) is 16.0. The SMILES string of the molecule is Cc1c(NC(=O)C(C)(C)C)ccc(NS(=O)(=O)c2ccccc2)c1C. The number of sulfonamides is 1. The molecular weight excluding hydrogens is 336 g/mol. The molecule has 0 radical (unpaired) electrons. The van der Waals surface area contributed by atoms with E-state index in [1.807, 2.05) is 34.6 Å². The molecule has 5 nitrogen and oxygen atoms in total. The van der Waals surface area contributed by atoms with Crippen LogP contribution in [0.25, 0.3) is 0 Å². The van der Waals surface area contributed by atoms with Crippen molar-refractivity contribution in [3.63, 3.8) is 0 Å². The Labute approximate surface area is 149 Å². The number of hydrogen-bond donors (Lipinski definition) is 2. The van der Waals surface area contributed by atoms with Crippen molar-refractivity contribution < 1.29 is 13.2 Å². The number of anilines is 2. The first-order valence-electron chi connectivity index (χ1n) is 8.02. The van der Waals surface area contributed by atoms with E-state index in [0.29, 0.717) is 11.4 Å². The molecule has 0 heterocycles. The van der Waals surface area contributed by atoms with Gasteiger partial charge in [-0.25, -0.2) is 8.42 Å². The van der Waals surface area contributed by atoms with E-state index < -0.39 is 15.4 Å². The number of hydrogen-bond acceptors (Lipinski definition) is 3. The lowest BCUT2D eigenvalue weighted by molar-refractivity contribution is -0.123. The van der Waals surface area contributed by atoms with Crippen molar-refractivity contribution in [2.75, 3.05) is 10.0 Å². The summed E-state index contributed by atoms with van der Waals surface area (Å²) in [4.78, 5) is 12.4. The van der Waals surface area contributed by atoms with Crippen LogP contribution in [0.15, 0.2) is 47.4 Å². The van der Waals surface area contributed by atoms with Crippen molar-refractivity contribution in [2.45, 2.75) is 39.5 Å². The highest BCUT2D eigenvalue weighted by atomic mass is 32.2. The van der Waals surface area contributed by atoms with E-state index in [2.05, 4.69) is 10.0 Å². The molecule has 0 aliphatic heterocycles. The molecule has 0 aliphatic carbocycles. The summed E-state index contributed by atoms with van der Waals surface area (Å²) < 4.78 is 27.6. The van der Waals surface area contributed by atoms with Crippen molar-refractivity contribution >= 4 is 27.3 Å². The molecule has 0 saturated carbocycles. The van der Waals surface area contributed by atoms with E-state index >= 15 is 0 Å². The molecule has 1 amide bonds. The lowest BCUT2D eigenvalue weighted by Gasteiger charge is -2.20. The van der Waals surface area contributed by atoms with E-state index in [1.165, 1.54) is 0 Å². The summed E-state index contributed by atoms with van der Waals surface area (Å²) in [6.07, 6.45) is 0. The first-order chi connectivity index (χ1) is 11.5. The molecule has 0 atom stereocenters. The zero-order valence-electron chi connectivity index (χ0n) is 15.2. The normalized spacial score (nSPS) is 11.9. The summed E-state index contributed by atoms with van der Waals surface area (Å²) in [6, 6.07) is 11.6. The molecule has 134 valence electrons. The van der Waals surface area contributed by atoms with Crippen LogP contribution in [0.5, 0.6) is 0 Å². The summed E-state index contributed by atoms with van der Waals surface area (Å²) in [5.74, 6) is -0.0902. The molecular formula is C19H24N2O3S. The molecule has 0 aliphatic rings. The third-order valence-corrected chi connectivity index (χ3v) is 5.40. The van der Waals surface area contributed by atoms with Crippen molar-refractivity contribution in [3.8, 4) is 0 Å². The van der Waals surface area contributed by atoms with Crippen molar-refractivity contribution in [1.82, 2.24) is 0 Å². The monoisotopic (exact) mass is 360 g/mol. The van der Waals surface area contributed by atoms with Crippen LogP contribution in [0.2, 0.25) is 0 Å². The molecule has 6 heteroatoms. The maximum absolute atomic E-state index is 12.5. The highest BCUT2D eigenvalue weighted by molar-refractivity contribution is 7.92. The Morgan fingerprint density at radius 2 is 1.40 bits per heavy atom. The minimum atomic E-state index is -3.65. The highest BCUT2D eigenvalue weighted by Gasteiger charge is 2.22. The lowest BCUT2D eigenvalue weighted by Crippen LogP contribution is -2.28. The Morgan fingerprint density at radius 3 is 1.96 bits per heavy atom. The van der Waals surface area contributed by atoms with E-state index in [9.17, 15) is 13.2 Å². The minimum Gasteiger partial charge on any atom is -0.325 e. The maximum atomic E-state index is 12.5. The molecule has 2 aromatic rings. The molecule has 2 N–H and O–H groups in total. The number of benzene rings is 2. The molecule has 0 bridgehead atoms. The Balaban J connectivity index is 2.30. The number of carbonyl (C=O) groups is 1. The third kappa shape index (κ3) is 4.39. The summed E-state index contributed by atoms with van der Waals surface area (Å²) in [5, 5.41) is 2.90. The van der Waals surface area contributed by atoms with Gasteiger partial charge in [0.2, 0.25) is 5.91 Å². The van der Waals surface area contributed by atoms with Crippen LogP contribution in [0.4, 0.5) is 11.4 Å². The van der Waals surface area contributed by atoms with E-state index in [0.717, 1.165) is 11.1 Å². The van der Waals surface area contributed by atoms with Crippen LogP contribution >= 0.6 is 0 Å². The maximum Gasteiger partial charge on any atom is 0.261 e. The Kier molecular flexibility index (Phi) is 5.23. The number of carbonyl (C=O) groups excluding carboxylic acids is 1. The summed E-state index contributed by atoms with van der Waals surface area (Å²) in [6.45, 7) is 9.20.